The summed E-state index contributed by atoms with van der Waals surface area (Å²) < 4.78 is 14.4. The molecule has 0 aliphatic carbocycles. The van der Waals surface area contributed by atoms with Gasteiger partial charge < -0.3 is 0 Å². The molecule has 3 aromatic rings. The normalized spacial score (nSPS) is 12.2. The molecule has 1 heteroatoms. The van der Waals surface area contributed by atoms with Crippen molar-refractivity contribution in [3.8, 4) is 11.1 Å². The van der Waals surface area contributed by atoms with Crippen molar-refractivity contribution < 1.29 is 4.39 Å². The second kappa shape index (κ2) is 7.56. The molecule has 118 valence electrons. The molecular formula is C23H19F. The Bertz CT molecular complexity index is 842. The Morgan fingerprint density at radius 1 is 0.625 bits per heavy atom. The van der Waals surface area contributed by atoms with Gasteiger partial charge in [0.25, 0.3) is 0 Å². The molecule has 0 aliphatic heterocycles. The largest absolute Gasteiger partial charge is 0.207 e. The van der Waals surface area contributed by atoms with Crippen molar-refractivity contribution in [2.75, 3.05) is 0 Å². The minimum absolute atomic E-state index is 0.216. The number of rotatable bonds is 4. The van der Waals surface area contributed by atoms with Crippen molar-refractivity contribution in [3.05, 3.63) is 107 Å². The van der Waals surface area contributed by atoms with Gasteiger partial charge in [0.1, 0.15) is 5.83 Å². The number of allylic oxidation sites excluding steroid dienone is 2. The second-order valence-electron chi connectivity index (χ2n) is 5.72. The summed E-state index contributed by atoms with van der Waals surface area (Å²) >= 11 is 0. The van der Waals surface area contributed by atoms with Crippen molar-refractivity contribution in [3.63, 3.8) is 0 Å². The summed E-state index contributed by atoms with van der Waals surface area (Å²) in [6.45, 7) is 1.79. The van der Waals surface area contributed by atoms with Crippen molar-refractivity contribution in [1.29, 1.82) is 0 Å². The quantitative estimate of drug-likeness (QED) is 0.466. The van der Waals surface area contributed by atoms with E-state index >= 15 is 0 Å². The van der Waals surface area contributed by atoms with Crippen molar-refractivity contribution in [1.82, 2.24) is 0 Å². The van der Waals surface area contributed by atoms with Crippen molar-refractivity contribution in [2.45, 2.75) is 6.92 Å². The van der Waals surface area contributed by atoms with E-state index in [1.54, 1.807) is 13.0 Å². The van der Waals surface area contributed by atoms with Crippen LogP contribution in [0, 0.1) is 0 Å². The molecule has 0 N–H and O–H groups in total. The van der Waals surface area contributed by atoms with Crippen LogP contribution in [0.25, 0.3) is 23.3 Å². The molecule has 3 rings (SSSR count). The van der Waals surface area contributed by atoms with Gasteiger partial charge in [0.05, 0.1) is 0 Å². The molecule has 0 spiro atoms. The standard InChI is InChI=1S/C23H19F/c1-18(16-19-8-4-2-5-9-19)23(24)17-20-12-14-22(15-13-20)21-10-6-3-7-11-21/h2-17H,1H3/b18-16-,23-17-. The maximum Gasteiger partial charge on any atom is 0.126 e. The van der Waals surface area contributed by atoms with Gasteiger partial charge in [-0.3, -0.25) is 0 Å². The SMILES string of the molecule is CC(=C/c1ccccc1)/C(F)=C/c1ccc(-c2ccccc2)cc1. The Morgan fingerprint density at radius 2 is 1.12 bits per heavy atom. The first-order chi connectivity index (χ1) is 11.7. The van der Waals surface area contributed by atoms with Crippen LogP contribution in [0.4, 0.5) is 4.39 Å². The van der Waals surface area contributed by atoms with Crippen LogP contribution in [0.15, 0.2) is 96.3 Å². The van der Waals surface area contributed by atoms with Gasteiger partial charge in [-0.05, 0) is 46.9 Å². The summed E-state index contributed by atoms with van der Waals surface area (Å²) in [6.07, 6.45) is 3.42. The van der Waals surface area contributed by atoms with Crippen LogP contribution in [-0.2, 0) is 0 Å². The molecule has 0 radical (unpaired) electrons. The van der Waals surface area contributed by atoms with Crippen LogP contribution in [0.5, 0.6) is 0 Å². The number of hydrogen-bond donors (Lipinski definition) is 0. The van der Waals surface area contributed by atoms with Gasteiger partial charge in [0.2, 0.25) is 0 Å². The molecule has 0 fully saturated rings. The predicted molar refractivity (Wildman–Crippen MR) is 101 cm³/mol. The Morgan fingerprint density at radius 3 is 1.75 bits per heavy atom. The lowest BCUT2D eigenvalue weighted by Crippen LogP contribution is -1.81. The minimum atomic E-state index is -0.216. The summed E-state index contributed by atoms with van der Waals surface area (Å²) in [6, 6.07) is 27.9. The van der Waals surface area contributed by atoms with Gasteiger partial charge >= 0.3 is 0 Å². The van der Waals surface area contributed by atoms with E-state index in [4.69, 9.17) is 0 Å². The van der Waals surface area contributed by atoms with Crippen LogP contribution >= 0.6 is 0 Å². The zero-order chi connectivity index (χ0) is 16.8. The van der Waals surface area contributed by atoms with E-state index in [-0.39, 0.29) is 5.83 Å². The molecule has 0 nitrogen and oxygen atoms in total. The second-order valence-corrected chi connectivity index (χ2v) is 5.72. The zero-order valence-corrected chi connectivity index (χ0v) is 13.6. The molecule has 0 unspecified atom stereocenters. The molecular weight excluding hydrogens is 295 g/mol. The molecule has 0 amide bonds. The fourth-order valence-electron chi connectivity index (χ4n) is 2.53. The van der Waals surface area contributed by atoms with E-state index in [9.17, 15) is 4.39 Å². The predicted octanol–water partition coefficient (Wildman–Crippen LogP) is 6.77. The topological polar surface area (TPSA) is 0 Å². The van der Waals surface area contributed by atoms with Crippen LogP contribution in [0.1, 0.15) is 18.1 Å². The van der Waals surface area contributed by atoms with Crippen molar-refractivity contribution in [2.24, 2.45) is 0 Å². The van der Waals surface area contributed by atoms with Gasteiger partial charge in [0, 0.05) is 0 Å². The summed E-state index contributed by atoms with van der Waals surface area (Å²) in [5, 5.41) is 0. The highest BCUT2D eigenvalue weighted by atomic mass is 19.1. The van der Waals surface area contributed by atoms with Gasteiger partial charge in [-0.15, -0.1) is 0 Å². The number of halogens is 1. The molecule has 24 heavy (non-hydrogen) atoms. The third-order valence-electron chi connectivity index (χ3n) is 3.87. The first-order valence-electron chi connectivity index (χ1n) is 7.99. The highest BCUT2D eigenvalue weighted by molar-refractivity contribution is 5.68. The van der Waals surface area contributed by atoms with Gasteiger partial charge in [-0.25, -0.2) is 4.39 Å². The van der Waals surface area contributed by atoms with Crippen LogP contribution in [0.2, 0.25) is 0 Å². The molecule has 0 aliphatic rings. The summed E-state index contributed by atoms with van der Waals surface area (Å²) in [4.78, 5) is 0. The highest BCUT2D eigenvalue weighted by Gasteiger charge is 2.01. The maximum absolute atomic E-state index is 14.4. The fourth-order valence-corrected chi connectivity index (χ4v) is 2.53. The van der Waals surface area contributed by atoms with E-state index in [0.717, 1.165) is 22.3 Å². The number of hydrogen-bond acceptors (Lipinski definition) is 0. The van der Waals surface area contributed by atoms with Crippen LogP contribution in [-0.4, -0.2) is 0 Å². The summed E-state index contributed by atoms with van der Waals surface area (Å²) in [5.41, 5.74) is 4.76. The Labute approximate surface area is 142 Å². The van der Waals surface area contributed by atoms with Crippen LogP contribution < -0.4 is 0 Å². The third-order valence-corrected chi connectivity index (χ3v) is 3.87. The third kappa shape index (κ3) is 4.08. The molecule has 0 atom stereocenters. The maximum atomic E-state index is 14.4. The summed E-state index contributed by atoms with van der Waals surface area (Å²) in [7, 11) is 0. The number of benzene rings is 3. The van der Waals surface area contributed by atoms with Crippen LogP contribution in [0.3, 0.4) is 0 Å². The monoisotopic (exact) mass is 314 g/mol. The minimum Gasteiger partial charge on any atom is -0.207 e. The lowest BCUT2D eigenvalue weighted by atomic mass is 10.0. The Kier molecular flexibility index (Phi) is 5.02. The molecule has 0 aromatic heterocycles. The molecule has 0 saturated heterocycles. The van der Waals surface area contributed by atoms with Crippen molar-refractivity contribution >= 4 is 12.2 Å². The fraction of sp³-hybridized carbons (Fsp3) is 0.0435. The van der Waals surface area contributed by atoms with Gasteiger partial charge in [-0.2, -0.15) is 0 Å². The lowest BCUT2D eigenvalue weighted by Gasteiger charge is -2.03. The van der Waals surface area contributed by atoms with Gasteiger partial charge in [-0.1, -0.05) is 84.9 Å². The molecule has 0 saturated carbocycles. The van der Waals surface area contributed by atoms with E-state index in [2.05, 4.69) is 12.1 Å². The van der Waals surface area contributed by atoms with E-state index < -0.39 is 0 Å². The molecule has 3 aromatic carbocycles. The van der Waals surface area contributed by atoms with E-state index in [0.29, 0.717) is 5.57 Å². The van der Waals surface area contributed by atoms with E-state index in [1.807, 2.05) is 78.9 Å². The Hall–Kier alpha value is -2.93. The molecule has 0 bridgehead atoms. The smallest absolute Gasteiger partial charge is 0.126 e. The van der Waals surface area contributed by atoms with Gasteiger partial charge in [0.15, 0.2) is 0 Å². The zero-order valence-electron chi connectivity index (χ0n) is 13.6. The first-order valence-corrected chi connectivity index (χ1v) is 7.99. The van der Waals surface area contributed by atoms with E-state index in [1.165, 1.54) is 0 Å². The first kappa shape index (κ1) is 15.9. The Balaban J connectivity index is 1.79. The average molecular weight is 314 g/mol. The molecule has 0 heterocycles. The summed E-state index contributed by atoms with van der Waals surface area (Å²) in [5.74, 6) is -0.216. The average Bonchev–Trinajstić information content (AvgIpc) is 2.64. The highest BCUT2D eigenvalue weighted by Crippen LogP contribution is 2.22. The lowest BCUT2D eigenvalue weighted by molar-refractivity contribution is 0.660.